The summed E-state index contributed by atoms with van der Waals surface area (Å²) < 4.78 is 7.28. The summed E-state index contributed by atoms with van der Waals surface area (Å²) in [6.07, 6.45) is 3.69. The first kappa shape index (κ1) is 14.4. The molecule has 0 saturated heterocycles. The summed E-state index contributed by atoms with van der Waals surface area (Å²) in [4.78, 5) is 0. The number of aromatic nitrogens is 4. The van der Waals surface area contributed by atoms with Crippen molar-refractivity contribution >= 4 is 17.3 Å². The van der Waals surface area contributed by atoms with Crippen LogP contribution in [-0.4, -0.2) is 33.2 Å². The third-order valence-electron chi connectivity index (χ3n) is 3.21. The SMILES string of the molecule is CC#Cc1ccc(-c2nnc(SC)n3nccc23)c(OC)c1. The second-order valence-corrected chi connectivity index (χ2v) is 5.23. The highest BCUT2D eigenvalue weighted by Crippen LogP contribution is 2.32. The molecule has 3 aromatic rings. The van der Waals surface area contributed by atoms with Crippen molar-refractivity contribution in [1.29, 1.82) is 0 Å². The van der Waals surface area contributed by atoms with Crippen LogP contribution in [0.25, 0.3) is 16.8 Å². The van der Waals surface area contributed by atoms with Crippen molar-refractivity contribution in [1.82, 2.24) is 19.8 Å². The minimum Gasteiger partial charge on any atom is -0.496 e. The Hall–Kier alpha value is -2.52. The minimum atomic E-state index is 0.717. The van der Waals surface area contributed by atoms with Crippen LogP contribution in [0.2, 0.25) is 0 Å². The van der Waals surface area contributed by atoms with Gasteiger partial charge in [-0.15, -0.1) is 16.1 Å². The van der Waals surface area contributed by atoms with E-state index in [1.165, 1.54) is 11.8 Å². The molecule has 0 radical (unpaired) electrons. The van der Waals surface area contributed by atoms with Crippen molar-refractivity contribution in [3.63, 3.8) is 0 Å². The van der Waals surface area contributed by atoms with E-state index in [9.17, 15) is 0 Å². The molecule has 0 amide bonds. The van der Waals surface area contributed by atoms with E-state index in [2.05, 4.69) is 27.1 Å². The number of nitrogens with zero attached hydrogens (tertiary/aromatic N) is 4. The van der Waals surface area contributed by atoms with E-state index in [0.717, 1.165) is 33.2 Å². The van der Waals surface area contributed by atoms with Crippen LogP contribution in [0.1, 0.15) is 12.5 Å². The molecule has 5 nitrogen and oxygen atoms in total. The number of ether oxygens (including phenoxy) is 1. The molecule has 2 heterocycles. The van der Waals surface area contributed by atoms with Gasteiger partial charge in [0.15, 0.2) is 0 Å². The predicted molar refractivity (Wildman–Crippen MR) is 87.1 cm³/mol. The molecule has 0 fully saturated rings. The number of rotatable bonds is 3. The number of thioether (sulfide) groups is 1. The molecule has 0 atom stereocenters. The molecule has 0 bridgehead atoms. The fraction of sp³-hybridized carbons (Fsp3) is 0.188. The zero-order valence-corrected chi connectivity index (χ0v) is 13.3. The Labute approximate surface area is 132 Å². The Morgan fingerprint density at radius 1 is 1.23 bits per heavy atom. The molecule has 0 saturated carbocycles. The lowest BCUT2D eigenvalue weighted by atomic mass is 10.1. The van der Waals surface area contributed by atoms with Gasteiger partial charge < -0.3 is 4.74 Å². The molecule has 3 rings (SSSR count). The van der Waals surface area contributed by atoms with Gasteiger partial charge in [-0.3, -0.25) is 0 Å². The Morgan fingerprint density at radius 2 is 2.09 bits per heavy atom. The average Bonchev–Trinajstić information content (AvgIpc) is 3.04. The summed E-state index contributed by atoms with van der Waals surface area (Å²) in [7, 11) is 1.64. The fourth-order valence-electron chi connectivity index (χ4n) is 2.25. The van der Waals surface area contributed by atoms with Crippen molar-refractivity contribution in [3.05, 3.63) is 36.0 Å². The van der Waals surface area contributed by atoms with Crippen LogP contribution in [0.5, 0.6) is 5.75 Å². The van der Waals surface area contributed by atoms with E-state index in [-0.39, 0.29) is 0 Å². The highest BCUT2D eigenvalue weighted by Gasteiger charge is 2.15. The number of fused-ring (bicyclic) bond motifs is 1. The molecular formula is C16H14N4OS. The average molecular weight is 310 g/mol. The maximum Gasteiger partial charge on any atom is 0.210 e. The molecule has 0 aliphatic heterocycles. The monoisotopic (exact) mass is 310 g/mol. The van der Waals surface area contributed by atoms with Crippen LogP contribution in [0.15, 0.2) is 35.6 Å². The zero-order chi connectivity index (χ0) is 15.5. The largest absolute Gasteiger partial charge is 0.496 e. The van der Waals surface area contributed by atoms with E-state index in [1.807, 2.05) is 37.4 Å². The van der Waals surface area contributed by atoms with Crippen LogP contribution in [-0.2, 0) is 0 Å². The van der Waals surface area contributed by atoms with E-state index in [4.69, 9.17) is 4.74 Å². The van der Waals surface area contributed by atoms with Crippen LogP contribution in [0.4, 0.5) is 0 Å². The molecule has 110 valence electrons. The summed E-state index contributed by atoms with van der Waals surface area (Å²) in [5.74, 6) is 6.63. The van der Waals surface area contributed by atoms with Crippen LogP contribution in [0.3, 0.4) is 0 Å². The summed E-state index contributed by atoms with van der Waals surface area (Å²) in [5, 5.41) is 13.6. The van der Waals surface area contributed by atoms with E-state index in [1.54, 1.807) is 17.8 Å². The fourth-order valence-corrected chi connectivity index (χ4v) is 2.69. The van der Waals surface area contributed by atoms with Crippen molar-refractivity contribution in [2.75, 3.05) is 13.4 Å². The smallest absolute Gasteiger partial charge is 0.210 e. The highest BCUT2D eigenvalue weighted by molar-refractivity contribution is 7.98. The van der Waals surface area contributed by atoms with Gasteiger partial charge in [0.25, 0.3) is 0 Å². The quantitative estimate of drug-likeness (QED) is 0.550. The highest BCUT2D eigenvalue weighted by atomic mass is 32.2. The first-order valence-corrected chi connectivity index (χ1v) is 7.86. The standard InChI is InChI=1S/C16H14N4OS/c1-4-5-11-6-7-12(14(10-11)21-2)15-13-8-9-17-20(13)16(22-3)19-18-15/h6-10H,1-3H3. The first-order chi connectivity index (χ1) is 10.8. The lowest BCUT2D eigenvalue weighted by Gasteiger charge is -2.10. The third kappa shape index (κ3) is 2.40. The molecule has 6 heteroatoms. The lowest BCUT2D eigenvalue weighted by Crippen LogP contribution is -2.02. The maximum atomic E-state index is 5.50. The summed E-state index contributed by atoms with van der Waals surface area (Å²) in [6.45, 7) is 1.81. The molecular weight excluding hydrogens is 296 g/mol. The van der Waals surface area contributed by atoms with E-state index < -0.39 is 0 Å². The van der Waals surface area contributed by atoms with Gasteiger partial charge in [-0.25, -0.2) is 4.52 Å². The first-order valence-electron chi connectivity index (χ1n) is 6.64. The summed E-state index contributed by atoms with van der Waals surface area (Å²) in [5.41, 5.74) is 3.41. The van der Waals surface area contributed by atoms with E-state index in [0.29, 0.717) is 0 Å². The normalized spacial score (nSPS) is 10.3. The predicted octanol–water partition coefficient (Wildman–Crippen LogP) is 2.89. The van der Waals surface area contributed by atoms with Gasteiger partial charge in [-0.1, -0.05) is 17.7 Å². The minimum absolute atomic E-state index is 0.717. The molecule has 1 aromatic carbocycles. The molecule has 0 N–H and O–H groups in total. The van der Waals surface area contributed by atoms with Gasteiger partial charge in [-0.05, 0) is 37.4 Å². The topological polar surface area (TPSA) is 52.3 Å². The molecule has 22 heavy (non-hydrogen) atoms. The Balaban J connectivity index is 2.23. The molecule has 0 aliphatic rings. The van der Waals surface area contributed by atoms with Gasteiger partial charge in [0.2, 0.25) is 5.16 Å². The van der Waals surface area contributed by atoms with Crippen molar-refractivity contribution < 1.29 is 4.74 Å². The molecule has 0 aliphatic carbocycles. The van der Waals surface area contributed by atoms with Crippen molar-refractivity contribution in [3.8, 4) is 28.8 Å². The van der Waals surface area contributed by atoms with Gasteiger partial charge in [0.1, 0.15) is 11.4 Å². The van der Waals surface area contributed by atoms with Crippen molar-refractivity contribution in [2.45, 2.75) is 12.1 Å². The molecule has 2 aromatic heterocycles. The molecule has 0 unspecified atom stereocenters. The summed E-state index contributed by atoms with van der Waals surface area (Å²) in [6, 6.07) is 7.73. The number of benzene rings is 1. The number of methoxy groups -OCH3 is 1. The van der Waals surface area contributed by atoms with Crippen LogP contribution >= 0.6 is 11.8 Å². The third-order valence-corrected chi connectivity index (χ3v) is 3.83. The van der Waals surface area contributed by atoms with Gasteiger partial charge >= 0.3 is 0 Å². The maximum absolute atomic E-state index is 5.50. The van der Waals surface area contributed by atoms with Crippen molar-refractivity contribution in [2.24, 2.45) is 0 Å². The second kappa shape index (κ2) is 6.08. The van der Waals surface area contributed by atoms with Gasteiger partial charge in [0, 0.05) is 11.1 Å². The lowest BCUT2D eigenvalue weighted by molar-refractivity contribution is 0.416. The molecule has 0 spiro atoms. The second-order valence-electron chi connectivity index (χ2n) is 4.45. The Bertz CT molecular complexity index is 892. The Kier molecular flexibility index (Phi) is 3.98. The van der Waals surface area contributed by atoms with E-state index >= 15 is 0 Å². The Morgan fingerprint density at radius 3 is 2.82 bits per heavy atom. The summed E-state index contributed by atoms with van der Waals surface area (Å²) >= 11 is 1.50. The van der Waals surface area contributed by atoms with Crippen LogP contribution in [0, 0.1) is 11.8 Å². The zero-order valence-electron chi connectivity index (χ0n) is 12.5. The van der Waals surface area contributed by atoms with Gasteiger partial charge in [0.05, 0.1) is 18.8 Å². The van der Waals surface area contributed by atoms with Crippen LogP contribution < -0.4 is 4.74 Å². The number of hydrogen-bond donors (Lipinski definition) is 0. The van der Waals surface area contributed by atoms with Gasteiger partial charge in [-0.2, -0.15) is 5.10 Å². The number of hydrogen-bond acceptors (Lipinski definition) is 5.